The summed E-state index contributed by atoms with van der Waals surface area (Å²) in [7, 11) is 1.72. The molecule has 7 heteroatoms. The van der Waals surface area contributed by atoms with Gasteiger partial charge in [-0.05, 0) is 22.9 Å². The summed E-state index contributed by atoms with van der Waals surface area (Å²) in [6.07, 6.45) is 1.77. The van der Waals surface area contributed by atoms with Gasteiger partial charge >= 0.3 is 0 Å². The van der Waals surface area contributed by atoms with Gasteiger partial charge in [-0.15, -0.1) is 11.3 Å². The van der Waals surface area contributed by atoms with Crippen LogP contribution >= 0.6 is 11.3 Å². The van der Waals surface area contributed by atoms with Crippen molar-refractivity contribution in [2.75, 3.05) is 7.05 Å². The van der Waals surface area contributed by atoms with Crippen molar-refractivity contribution in [3.05, 3.63) is 64.7 Å². The number of nitrogens with zero attached hydrogens (tertiary/aromatic N) is 2. The third-order valence-corrected chi connectivity index (χ3v) is 5.31. The molecule has 3 aromatic rings. The average Bonchev–Trinajstić information content (AvgIpc) is 3.38. The van der Waals surface area contributed by atoms with Crippen LogP contribution in [0.25, 0.3) is 11.3 Å². The van der Waals surface area contributed by atoms with E-state index < -0.39 is 6.04 Å². The fourth-order valence-corrected chi connectivity index (χ4v) is 3.51. The first-order valence-corrected chi connectivity index (χ1v) is 10.0. The predicted octanol–water partition coefficient (Wildman–Crippen LogP) is 3.55. The van der Waals surface area contributed by atoms with E-state index in [-0.39, 0.29) is 17.7 Å². The van der Waals surface area contributed by atoms with Crippen molar-refractivity contribution in [2.24, 2.45) is 5.92 Å². The highest BCUT2D eigenvalue weighted by Crippen LogP contribution is 2.17. The SMILES string of the molecule is CC(C)C(NC(=O)c1cccs1)C(=O)N(C)Cc1ncc(-c2ccccc2)[nH]1. The number of rotatable bonds is 7. The number of nitrogens with one attached hydrogen (secondary N) is 2. The second-order valence-electron chi connectivity index (χ2n) is 6.98. The van der Waals surface area contributed by atoms with E-state index >= 15 is 0 Å². The van der Waals surface area contributed by atoms with Crippen LogP contribution in [0.5, 0.6) is 0 Å². The summed E-state index contributed by atoms with van der Waals surface area (Å²) in [5.74, 6) is 0.300. The number of aromatic nitrogens is 2. The Bertz CT molecular complexity index is 919. The lowest BCUT2D eigenvalue weighted by Gasteiger charge is -2.26. The number of hydrogen-bond acceptors (Lipinski definition) is 4. The number of aromatic amines is 1. The summed E-state index contributed by atoms with van der Waals surface area (Å²) in [6.45, 7) is 4.18. The lowest BCUT2D eigenvalue weighted by molar-refractivity contribution is -0.133. The van der Waals surface area contributed by atoms with E-state index in [1.807, 2.05) is 55.6 Å². The maximum Gasteiger partial charge on any atom is 0.262 e. The second kappa shape index (κ2) is 8.84. The van der Waals surface area contributed by atoms with E-state index in [0.717, 1.165) is 11.3 Å². The highest BCUT2D eigenvalue weighted by Gasteiger charge is 2.28. The average molecular weight is 397 g/mol. The van der Waals surface area contributed by atoms with Crippen molar-refractivity contribution in [1.29, 1.82) is 0 Å². The van der Waals surface area contributed by atoms with Gasteiger partial charge in [-0.3, -0.25) is 9.59 Å². The Kier molecular flexibility index (Phi) is 6.26. The molecule has 1 atom stereocenters. The van der Waals surface area contributed by atoms with Gasteiger partial charge in [0.1, 0.15) is 11.9 Å². The highest BCUT2D eigenvalue weighted by atomic mass is 32.1. The quantitative estimate of drug-likeness (QED) is 0.641. The van der Waals surface area contributed by atoms with E-state index in [0.29, 0.717) is 17.2 Å². The number of carbonyl (C=O) groups is 2. The number of carbonyl (C=O) groups excluding carboxylic acids is 2. The zero-order valence-corrected chi connectivity index (χ0v) is 17.0. The van der Waals surface area contributed by atoms with Crippen molar-refractivity contribution in [1.82, 2.24) is 20.2 Å². The molecular formula is C21H24N4O2S. The van der Waals surface area contributed by atoms with Gasteiger partial charge in [0.05, 0.1) is 23.3 Å². The predicted molar refractivity (Wildman–Crippen MR) is 111 cm³/mol. The molecule has 0 aliphatic heterocycles. The first-order valence-electron chi connectivity index (χ1n) is 9.14. The fraction of sp³-hybridized carbons (Fsp3) is 0.286. The minimum Gasteiger partial charge on any atom is -0.341 e. The van der Waals surface area contributed by atoms with Crippen LogP contribution < -0.4 is 5.32 Å². The van der Waals surface area contributed by atoms with Gasteiger partial charge in [0.15, 0.2) is 0 Å². The lowest BCUT2D eigenvalue weighted by Crippen LogP contribution is -2.49. The molecule has 1 aromatic carbocycles. The molecule has 0 radical (unpaired) electrons. The van der Waals surface area contributed by atoms with E-state index in [1.165, 1.54) is 11.3 Å². The molecule has 2 amide bonds. The van der Waals surface area contributed by atoms with Crippen LogP contribution in [0, 0.1) is 5.92 Å². The second-order valence-corrected chi connectivity index (χ2v) is 7.92. The van der Waals surface area contributed by atoms with Crippen LogP contribution in [0.15, 0.2) is 54.0 Å². The molecule has 28 heavy (non-hydrogen) atoms. The molecule has 6 nitrogen and oxygen atoms in total. The third kappa shape index (κ3) is 4.67. The Morgan fingerprint density at radius 1 is 1.18 bits per heavy atom. The molecule has 0 aliphatic carbocycles. The molecule has 0 aliphatic rings. The van der Waals surface area contributed by atoms with Gasteiger partial charge in [-0.1, -0.05) is 50.2 Å². The van der Waals surface area contributed by atoms with Gasteiger partial charge < -0.3 is 15.2 Å². The van der Waals surface area contributed by atoms with Crippen LogP contribution in [0.1, 0.15) is 29.3 Å². The summed E-state index contributed by atoms with van der Waals surface area (Å²) in [5.41, 5.74) is 1.95. The topological polar surface area (TPSA) is 78.1 Å². The molecule has 0 spiro atoms. The van der Waals surface area contributed by atoms with Gasteiger partial charge in [0, 0.05) is 7.05 Å². The number of amides is 2. The fourth-order valence-electron chi connectivity index (χ4n) is 2.88. The molecule has 0 bridgehead atoms. The normalized spacial score (nSPS) is 12.0. The maximum absolute atomic E-state index is 12.9. The Balaban J connectivity index is 1.66. The van der Waals surface area contributed by atoms with Crippen molar-refractivity contribution < 1.29 is 9.59 Å². The monoisotopic (exact) mass is 396 g/mol. The number of hydrogen-bond donors (Lipinski definition) is 2. The van der Waals surface area contributed by atoms with Crippen LogP contribution in [-0.4, -0.2) is 39.8 Å². The number of likely N-dealkylation sites (N-methyl/N-ethyl adjacent to an activating group) is 1. The van der Waals surface area contributed by atoms with Crippen molar-refractivity contribution in [3.8, 4) is 11.3 Å². The van der Waals surface area contributed by atoms with Crippen molar-refractivity contribution >= 4 is 23.2 Å². The first kappa shape index (κ1) is 19.8. The van der Waals surface area contributed by atoms with Gasteiger partial charge in [-0.25, -0.2) is 4.98 Å². The van der Waals surface area contributed by atoms with Crippen LogP contribution in [-0.2, 0) is 11.3 Å². The smallest absolute Gasteiger partial charge is 0.262 e. The van der Waals surface area contributed by atoms with E-state index in [9.17, 15) is 9.59 Å². The largest absolute Gasteiger partial charge is 0.341 e. The molecule has 0 saturated carbocycles. The number of H-pyrrole nitrogens is 1. The molecule has 2 N–H and O–H groups in total. The standard InChI is InChI=1S/C21H24N4O2S/c1-14(2)19(24-20(26)17-10-7-11-28-17)21(27)25(3)13-18-22-12-16(23-18)15-8-5-4-6-9-15/h4-12,14,19H,13H2,1-3H3,(H,22,23)(H,24,26). The van der Waals surface area contributed by atoms with Crippen molar-refractivity contribution in [2.45, 2.75) is 26.4 Å². The molecule has 2 aromatic heterocycles. The molecule has 0 saturated heterocycles. The minimum atomic E-state index is -0.594. The third-order valence-electron chi connectivity index (χ3n) is 4.44. The van der Waals surface area contributed by atoms with Crippen LogP contribution in [0.3, 0.4) is 0 Å². The Morgan fingerprint density at radius 3 is 2.57 bits per heavy atom. The summed E-state index contributed by atoms with van der Waals surface area (Å²) in [5, 5.41) is 4.71. The molecule has 0 fully saturated rings. The number of thiophene rings is 1. The zero-order valence-electron chi connectivity index (χ0n) is 16.2. The van der Waals surface area contributed by atoms with Crippen LogP contribution in [0.2, 0.25) is 0 Å². The molecule has 146 valence electrons. The molecule has 2 heterocycles. The summed E-state index contributed by atoms with van der Waals surface area (Å²) >= 11 is 1.36. The summed E-state index contributed by atoms with van der Waals surface area (Å²) < 4.78 is 0. The van der Waals surface area contributed by atoms with Gasteiger partial charge in [-0.2, -0.15) is 0 Å². The van der Waals surface area contributed by atoms with E-state index in [2.05, 4.69) is 15.3 Å². The zero-order chi connectivity index (χ0) is 20.1. The molecule has 1 unspecified atom stereocenters. The van der Waals surface area contributed by atoms with Gasteiger partial charge in [0.25, 0.3) is 5.91 Å². The number of imidazole rings is 1. The van der Waals surface area contributed by atoms with Crippen LogP contribution in [0.4, 0.5) is 0 Å². The Hall–Kier alpha value is -2.93. The lowest BCUT2D eigenvalue weighted by atomic mass is 10.0. The first-order chi connectivity index (χ1) is 13.5. The summed E-state index contributed by atoms with van der Waals surface area (Å²) in [6, 6.07) is 12.9. The molecule has 3 rings (SSSR count). The summed E-state index contributed by atoms with van der Waals surface area (Å²) in [4.78, 5) is 35.1. The van der Waals surface area contributed by atoms with E-state index in [4.69, 9.17) is 0 Å². The Labute approximate surface area is 168 Å². The minimum absolute atomic E-state index is 0.0321. The number of benzene rings is 1. The maximum atomic E-state index is 12.9. The van der Waals surface area contributed by atoms with Gasteiger partial charge in [0.2, 0.25) is 5.91 Å². The molecular weight excluding hydrogens is 372 g/mol. The highest BCUT2D eigenvalue weighted by molar-refractivity contribution is 7.12. The Morgan fingerprint density at radius 2 is 1.93 bits per heavy atom. The van der Waals surface area contributed by atoms with Crippen molar-refractivity contribution in [3.63, 3.8) is 0 Å². The van der Waals surface area contributed by atoms with E-state index in [1.54, 1.807) is 24.2 Å².